The van der Waals surface area contributed by atoms with E-state index >= 15 is 0 Å². The highest BCUT2D eigenvalue weighted by Gasteiger charge is 2.12. The van der Waals surface area contributed by atoms with Crippen LogP contribution in [-0.4, -0.2) is 19.7 Å². The molecule has 2 aromatic heterocycles. The number of aryl methyl sites for hydroxylation is 1. The molecule has 0 aliphatic carbocycles. The maximum atomic E-state index is 12.1. The summed E-state index contributed by atoms with van der Waals surface area (Å²) in [7, 11) is 0. The van der Waals surface area contributed by atoms with Gasteiger partial charge < -0.3 is 0 Å². The summed E-state index contributed by atoms with van der Waals surface area (Å²) in [6.45, 7) is 2.53. The van der Waals surface area contributed by atoms with E-state index in [1.807, 2.05) is 6.92 Å². The zero-order valence-corrected chi connectivity index (χ0v) is 12.2. The number of hydrogen-bond donors (Lipinski definition) is 0. The van der Waals surface area contributed by atoms with Gasteiger partial charge >= 0.3 is 0 Å². The van der Waals surface area contributed by atoms with Crippen LogP contribution in [0.25, 0.3) is 22.2 Å². The molecule has 1 aromatic carbocycles. The van der Waals surface area contributed by atoms with Crippen LogP contribution >= 0.6 is 27.5 Å². The Bertz CT molecular complexity index is 862. The fraction of sp³-hybridized carbons (Fsp3) is 0.167. The van der Waals surface area contributed by atoms with Gasteiger partial charge in [-0.2, -0.15) is 5.10 Å². The van der Waals surface area contributed by atoms with Crippen LogP contribution in [0.1, 0.15) is 6.92 Å². The number of halogens is 2. The highest BCUT2D eigenvalue weighted by atomic mass is 79.9. The van der Waals surface area contributed by atoms with Crippen LogP contribution < -0.4 is 5.43 Å². The molecule has 0 radical (unpaired) electrons. The summed E-state index contributed by atoms with van der Waals surface area (Å²) in [5.41, 5.74) is 1.78. The first-order valence-corrected chi connectivity index (χ1v) is 6.81. The molecule has 0 spiro atoms. The van der Waals surface area contributed by atoms with Gasteiger partial charge in [0, 0.05) is 11.6 Å². The molecule has 0 saturated heterocycles. The van der Waals surface area contributed by atoms with Crippen LogP contribution in [-0.2, 0) is 6.54 Å². The molecule has 3 rings (SSSR count). The molecule has 0 amide bonds. The second kappa shape index (κ2) is 4.54. The normalized spacial score (nSPS) is 11.3. The van der Waals surface area contributed by atoms with Gasteiger partial charge in [0.1, 0.15) is 0 Å². The van der Waals surface area contributed by atoms with Crippen molar-refractivity contribution in [1.29, 1.82) is 0 Å². The Morgan fingerprint density at radius 1 is 1.32 bits per heavy atom. The highest BCUT2D eigenvalue weighted by molar-refractivity contribution is 9.10. The van der Waals surface area contributed by atoms with Crippen molar-refractivity contribution in [2.24, 2.45) is 0 Å². The summed E-state index contributed by atoms with van der Waals surface area (Å²) in [5, 5.41) is 4.70. The number of rotatable bonds is 1. The van der Waals surface area contributed by atoms with Crippen molar-refractivity contribution in [2.45, 2.75) is 13.5 Å². The maximum absolute atomic E-state index is 12.1. The van der Waals surface area contributed by atoms with E-state index in [0.29, 0.717) is 33.8 Å². The third-order valence-corrected chi connectivity index (χ3v) is 3.52. The summed E-state index contributed by atoms with van der Waals surface area (Å²) in [6, 6.07) is 5.20. The molecule has 19 heavy (non-hydrogen) atoms. The highest BCUT2D eigenvalue weighted by Crippen LogP contribution is 2.18. The summed E-state index contributed by atoms with van der Waals surface area (Å²) in [6.07, 6.45) is 0. The standard InChI is InChI=1S/C12H8BrClN4O/c1-2-18-12-9(10(19)11(13)17-18)15-8-5-6(14)3-4-7(8)16-12/h3-5H,2H2,1H3. The zero-order valence-electron chi connectivity index (χ0n) is 9.89. The second-order valence-electron chi connectivity index (χ2n) is 3.96. The van der Waals surface area contributed by atoms with Crippen molar-refractivity contribution < 1.29 is 0 Å². The summed E-state index contributed by atoms with van der Waals surface area (Å²) >= 11 is 9.07. The van der Waals surface area contributed by atoms with E-state index in [1.54, 1.807) is 22.9 Å². The van der Waals surface area contributed by atoms with Crippen LogP contribution in [0.5, 0.6) is 0 Å². The molecule has 0 unspecified atom stereocenters. The molecule has 2 heterocycles. The van der Waals surface area contributed by atoms with Crippen molar-refractivity contribution in [3.05, 3.63) is 38.0 Å². The Labute approximate surface area is 121 Å². The largest absolute Gasteiger partial charge is 0.284 e. The van der Waals surface area contributed by atoms with E-state index in [-0.39, 0.29) is 10.0 Å². The van der Waals surface area contributed by atoms with Crippen molar-refractivity contribution in [2.75, 3.05) is 0 Å². The van der Waals surface area contributed by atoms with Crippen LogP contribution in [0, 0.1) is 0 Å². The van der Waals surface area contributed by atoms with Crippen molar-refractivity contribution in [1.82, 2.24) is 19.7 Å². The third kappa shape index (κ3) is 2.01. The van der Waals surface area contributed by atoms with Gasteiger partial charge in [-0.25, -0.2) is 14.6 Å². The summed E-state index contributed by atoms with van der Waals surface area (Å²) in [4.78, 5) is 20.9. The van der Waals surface area contributed by atoms with Crippen molar-refractivity contribution in [3.63, 3.8) is 0 Å². The molecule has 7 heteroatoms. The van der Waals surface area contributed by atoms with Gasteiger partial charge in [0.25, 0.3) is 0 Å². The monoisotopic (exact) mass is 338 g/mol. The molecular weight excluding hydrogens is 332 g/mol. The van der Waals surface area contributed by atoms with Gasteiger partial charge in [-0.3, -0.25) is 4.79 Å². The molecule has 0 aliphatic heterocycles. The molecule has 3 aromatic rings. The first-order chi connectivity index (χ1) is 9.10. The SMILES string of the molecule is CCn1nc(Br)c(=O)c2nc3cc(Cl)ccc3nc21. The quantitative estimate of drug-likeness (QED) is 0.640. The topological polar surface area (TPSA) is 60.7 Å². The number of hydrogen-bond acceptors (Lipinski definition) is 4. The molecule has 0 bridgehead atoms. The number of fused-ring (bicyclic) bond motifs is 2. The second-order valence-corrected chi connectivity index (χ2v) is 5.15. The van der Waals surface area contributed by atoms with Gasteiger partial charge in [-0.1, -0.05) is 11.6 Å². The lowest BCUT2D eigenvalue weighted by Gasteiger charge is -2.07. The minimum atomic E-state index is -0.269. The summed E-state index contributed by atoms with van der Waals surface area (Å²) in [5.74, 6) is 0. The molecule has 0 fully saturated rings. The maximum Gasteiger partial charge on any atom is 0.242 e. The minimum absolute atomic E-state index is 0.234. The van der Waals surface area contributed by atoms with Gasteiger partial charge in [-0.15, -0.1) is 0 Å². The predicted molar refractivity (Wildman–Crippen MR) is 77.5 cm³/mol. The number of nitrogens with zero attached hydrogens (tertiary/aromatic N) is 4. The lowest BCUT2D eigenvalue weighted by atomic mass is 10.3. The van der Waals surface area contributed by atoms with E-state index < -0.39 is 0 Å². The van der Waals surface area contributed by atoms with E-state index in [0.717, 1.165) is 0 Å². The minimum Gasteiger partial charge on any atom is -0.284 e. The Hall–Kier alpha value is -1.53. The van der Waals surface area contributed by atoms with E-state index in [4.69, 9.17) is 11.6 Å². The van der Waals surface area contributed by atoms with Gasteiger partial charge in [-0.05, 0) is 41.1 Å². The van der Waals surface area contributed by atoms with Crippen LogP contribution in [0.2, 0.25) is 5.02 Å². The van der Waals surface area contributed by atoms with E-state index in [1.165, 1.54) is 0 Å². The van der Waals surface area contributed by atoms with Gasteiger partial charge in [0.2, 0.25) is 5.43 Å². The molecule has 96 valence electrons. The van der Waals surface area contributed by atoms with Crippen molar-refractivity contribution in [3.8, 4) is 0 Å². The molecule has 0 saturated carbocycles. The number of benzene rings is 1. The molecule has 0 atom stereocenters. The van der Waals surface area contributed by atoms with E-state index in [9.17, 15) is 4.79 Å². The van der Waals surface area contributed by atoms with Crippen LogP contribution in [0.15, 0.2) is 27.6 Å². The Morgan fingerprint density at radius 2 is 2.11 bits per heavy atom. The number of aromatic nitrogens is 4. The Balaban J connectivity index is 2.53. The Morgan fingerprint density at radius 3 is 2.84 bits per heavy atom. The van der Waals surface area contributed by atoms with E-state index in [2.05, 4.69) is 31.0 Å². The van der Waals surface area contributed by atoms with Crippen molar-refractivity contribution >= 4 is 49.7 Å². The molecule has 5 nitrogen and oxygen atoms in total. The van der Waals surface area contributed by atoms with Crippen LogP contribution in [0.3, 0.4) is 0 Å². The fourth-order valence-electron chi connectivity index (χ4n) is 1.87. The molecule has 0 aliphatic rings. The molecule has 0 N–H and O–H groups in total. The van der Waals surface area contributed by atoms with Crippen LogP contribution in [0.4, 0.5) is 0 Å². The molecular formula is C12H8BrClN4O. The van der Waals surface area contributed by atoms with Gasteiger partial charge in [0.05, 0.1) is 11.0 Å². The predicted octanol–water partition coefficient (Wildman–Crippen LogP) is 2.78. The fourth-order valence-corrected chi connectivity index (χ4v) is 2.41. The zero-order chi connectivity index (χ0) is 13.6. The first-order valence-electron chi connectivity index (χ1n) is 5.64. The van der Waals surface area contributed by atoms with Gasteiger partial charge in [0.15, 0.2) is 15.8 Å². The average molecular weight is 340 g/mol. The Kier molecular flexibility index (Phi) is 2.99. The lowest BCUT2D eigenvalue weighted by Crippen LogP contribution is -2.16. The smallest absolute Gasteiger partial charge is 0.242 e. The lowest BCUT2D eigenvalue weighted by molar-refractivity contribution is 0.652. The first kappa shape index (κ1) is 12.5. The average Bonchev–Trinajstić information content (AvgIpc) is 2.41. The summed E-state index contributed by atoms with van der Waals surface area (Å²) < 4.78 is 1.87. The third-order valence-electron chi connectivity index (χ3n) is 2.76.